The largest absolute Gasteiger partial charge is 0.516 e. The lowest BCUT2D eigenvalue weighted by Gasteiger charge is -2.14. The van der Waals surface area contributed by atoms with Gasteiger partial charge in [-0.25, -0.2) is 4.89 Å². The third kappa shape index (κ3) is 6.37. The normalized spacial score (nSPS) is 15.7. The molecule has 0 heterocycles. The fourth-order valence-electron chi connectivity index (χ4n) is 0.822. The summed E-state index contributed by atoms with van der Waals surface area (Å²) in [6.45, 7) is 5.51. The molecule has 0 radical (unpaired) electrons. The Morgan fingerprint density at radius 1 is 1.46 bits per heavy atom. The Labute approximate surface area is 79.3 Å². The molecule has 13 heavy (non-hydrogen) atoms. The summed E-state index contributed by atoms with van der Waals surface area (Å²) in [5.41, 5.74) is -0.636. The van der Waals surface area contributed by atoms with Crippen molar-refractivity contribution >= 4 is 0 Å². The van der Waals surface area contributed by atoms with Gasteiger partial charge in [-0.15, -0.1) is 0 Å². The molecule has 0 fully saturated rings. The number of aliphatic hydroxyl groups excluding tert-OH is 1. The molecule has 0 aliphatic heterocycles. The molecule has 2 N–H and O–H groups in total. The van der Waals surface area contributed by atoms with Crippen LogP contribution in [0.4, 0.5) is 0 Å². The molecule has 76 valence electrons. The molecule has 0 aromatic heterocycles. The van der Waals surface area contributed by atoms with Gasteiger partial charge in [-0.1, -0.05) is 19.1 Å². The first-order chi connectivity index (χ1) is 6.02. The van der Waals surface area contributed by atoms with Crippen LogP contribution < -0.4 is 0 Å². The molecule has 0 unspecified atom stereocenters. The molecule has 0 spiro atoms. The number of rotatable bonds is 5. The topological polar surface area (TPSA) is 49.7 Å². The van der Waals surface area contributed by atoms with E-state index in [2.05, 4.69) is 4.89 Å². The van der Waals surface area contributed by atoms with Gasteiger partial charge in [0.1, 0.15) is 5.60 Å². The maximum absolute atomic E-state index is 8.47. The Kier molecular flexibility index (Phi) is 5.42. The van der Waals surface area contributed by atoms with E-state index in [1.54, 1.807) is 26.0 Å². The van der Waals surface area contributed by atoms with Crippen LogP contribution in [0.1, 0.15) is 27.2 Å². The van der Waals surface area contributed by atoms with Gasteiger partial charge in [0.15, 0.2) is 0 Å². The number of aliphatic hydroxyl groups is 1. The molecule has 0 bridgehead atoms. The third-order valence-corrected chi connectivity index (χ3v) is 1.68. The summed E-state index contributed by atoms with van der Waals surface area (Å²) in [6, 6.07) is 0. The van der Waals surface area contributed by atoms with E-state index in [0.29, 0.717) is 0 Å². The Morgan fingerprint density at radius 3 is 2.54 bits per heavy atom. The molecular formula is C10H18O3. The van der Waals surface area contributed by atoms with Crippen LogP contribution in [0.3, 0.4) is 0 Å². The van der Waals surface area contributed by atoms with Crippen molar-refractivity contribution in [2.24, 2.45) is 5.92 Å². The van der Waals surface area contributed by atoms with Crippen molar-refractivity contribution < 1.29 is 15.3 Å². The predicted octanol–water partition coefficient (Wildman–Crippen LogP) is 2.91. The first-order valence-corrected chi connectivity index (χ1v) is 4.33. The van der Waals surface area contributed by atoms with Crippen LogP contribution in [0.15, 0.2) is 24.5 Å². The highest BCUT2D eigenvalue weighted by molar-refractivity contribution is 4.98. The molecule has 0 aliphatic rings. The second kappa shape index (κ2) is 5.78. The van der Waals surface area contributed by atoms with Gasteiger partial charge in [0.05, 0.1) is 6.26 Å². The Bertz CT molecular complexity index is 183. The van der Waals surface area contributed by atoms with E-state index in [4.69, 9.17) is 10.4 Å². The van der Waals surface area contributed by atoms with E-state index in [9.17, 15) is 0 Å². The maximum atomic E-state index is 8.47. The van der Waals surface area contributed by atoms with E-state index in [0.717, 1.165) is 12.7 Å². The molecule has 1 atom stereocenters. The highest BCUT2D eigenvalue weighted by Gasteiger charge is 2.12. The predicted molar refractivity (Wildman–Crippen MR) is 52.5 cm³/mol. The van der Waals surface area contributed by atoms with Gasteiger partial charge in [-0.05, 0) is 32.3 Å². The van der Waals surface area contributed by atoms with E-state index in [1.165, 1.54) is 0 Å². The lowest BCUT2D eigenvalue weighted by Crippen LogP contribution is -2.18. The van der Waals surface area contributed by atoms with E-state index < -0.39 is 5.60 Å². The summed E-state index contributed by atoms with van der Waals surface area (Å²) in [7, 11) is 0. The van der Waals surface area contributed by atoms with Crippen molar-refractivity contribution in [3.8, 4) is 0 Å². The van der Waals surface area contributed by atoms with Gasteiger partial charge in [-0.2, -0.15) is 0 Å². The standard InChI is InChI=1S/C10H18O3/c1-9(6-8-11)5-4-7-10(2,3)13-12/h4,6-9,11-12H,5H2,1-3H3/b7-4+,8-6+/t9-/m1/s1. The number of hydrogen-bond acceptors (Lipinski definition) is 3. The minimum Gasteiger partial charge on any atom is -0.516 e. The quantitative estimate of drug-likeness (QED) is 0.300. The summed E-state index contributed by atoms with van der Waals surface area (Å²) >= 11 is 0. The number of hydrogen-bond donors (Lipinski definition) is 2. The zero-order valence-electron chi connectivity index (χ0n) is 8.40. The molecule has 3 heteroatoms. The molecular weight excluding hydrogens is 168 g/mol. The lowest BCUT2D eigenvalue weighted by molar-refractivity contribution is -0.297. The summed E-state index contributed by atoms with van der Waals surface area (Å²) < 4.78 is 0. The van der Waals surface area contributed by atoms with Crippen LogP contribution in [0.5, 0.6) is 0 Å². The third-order valence-electron chi connectivity index (χ3n) is 1.68. The average Bonchev–Trinajstić information content (AvgIpc) is 2.05. The van der Waals surface area contributed by atoms with Crippen LogP contribution in [-0.2, 0) is 4.89 Å². The molecule has 0 aromatic carbocycles. The lowest BCUT2D eigenvalue weighted by atomic mass is 10.0. The van der Waals surface area contributed by atoms with Gasteiger partial charge >= 0.3 is 0 Å². The Hall–Kier alpha value is -0.800. The van der Waals surface area contributed by atoms with Crippen LogP contribution in [0, 0.1) is 5.92 Å². The van der Waals surface area contributed by atoms with Crippen molar-refractivity contribution in [3.63, 3.8) is 0 Å². The molecule has 0 rings (SSSR count). The zero-order valence-corrected chi connectivity index (χ0v) is 8.40. The second-order valence-electron chi connectivity index (χ2n) is 3.65. The van der Waals surface area contributed by atoms with E-state index in [-0.39, 0.29) is 5.92 Å². The minimum absolute atomic E-state index is 0.288. The number of allylic oxidation sites excluding steroid dienone is 2. The van der Waals surface area contributed by atoms with E-state index >= 15 is 0 Å². The molecule has 3 nitrogen and oxygen atoms in total. The average molecular weight is 186 g/mol. The summed E-state index contributed by atoms with van der Waals surface area (Å²) in [5.74, 6) is 0.288. The van der Waals surface area contributed by atoms with Crippen molar-refractivity contribution in [2.75, 3.05) is 0 Å². The monoisotopic (exact) mass is 186 g/mol. The Morgan fingerprint density at radius 2 is 2.08 bits per heavy atom. The highest BCUT2D eigenvalue weighted by Crippen LogP contribution is 2.11. The van der Waals surface area contributed by atoms with Gasteiger partial charge < -0.3 is 5.11 Å². The van der Waals surface area contributed by atoms with E-state index in [1.807, 2.05) is 13.0 Å². The van der Waals surface area contributed by atoms with Crippen molar-refractivity contribution in [1.29, 1.82) is 0 Å². The summed E-state index contributed by atoms with van der Waals surface area (Å²) in [6.07, 6.45) is 7.27. The fourth-order valence-corrected chi connectivity index (χ4v) is 0.822. The van der Waals surface area contributed by atoms with Crippen LogP contribution in [0.25, 0.3) is 0 Å². The van der Waals surface area contributed by atoms with Crippen LogP contribution >= 0.6 is 0 Å². The van der Waals surface area contributed by atoms with Crippen molar-refractivity contribution in [2.45, 2.75) is 32.8 Å². The van der Waals surface area contributed by atoms with Gasteiger partial charge in [-0.3, -0.25) is 5.26 Å². The van der Waals surface area contributed by atoms with Crippen LogP contribution in [-0.4, -0.2) is 16.0 Å². The Balaban J connectivity index is 3.87. The second-order valence-corrected chi connectivity index (χ2v) is 3.65. The molecule has 0 saturated carbocycles. The summed E-state index contributed by atoms with van der Waals surface area (Å²) in [5, 5.41) is 16.9. The van der Waals surface area contributed by atoms with Gasteiger partial charge in [0, 0.05) is 0 Å². The zero-order chi connectivity index (χ0) is 10.3. The molecule has 0 saturated heterocycles. The first-order valence-electron chi connectivity index (χ1n) is 4.33. The summed E-state index contributed by atoms with van der Waals surface area (Å²) in [4.78, 5) is 4.23. The van der Waals surface area contributed by atoms with Gasteiger partial charge in [0.25, 0.3) is 0 Å². The fraction of sp³-hybridized carbons (Fsp3) is 0.600. The van der Waals surface area contributed by atoms with Crippen molar-refractivity contribution in [3.05, 3.63) is 24.5 Å². The minimum atomic E-state index is -0.636. The smallest absolute Gasteiger partial charge is 0.116 e. The van der Waals surface area contributed by atoms with Gasteiger partial charge in [0.2, 0.25) is 0 Å². The molecule has 0 aromatic rings. The molecule has 0 aliphatic carbocycles. The van der Waals surface area contributed by atoms with Crippen molar-refractivity contribution in [1.82, 2.24) is 0 Å². The molecule has 0 amide bonds. The van der Waals surface area contributed by atoms with Crippen LogP contribution in [0.2, 0.25) is 0 Å². The maximum Gasteiger partial charge on any atom is 0.116 e. The first kappa shape index (κ1) is 12.2. The highest BCUT2D eigenvalue weighted by atomic mass is 17.1. The SMILES string of the molecule is C[C@@H](/C=C/O)C/C=C/C(C)(C)OO.